The number of carbonyl (C=O) groups excluding carboxylic acids is 1. The zero-order valence-corrected chi connectivity index (χ0v) is 15.8. The average molecular weight is 320 g/mol. The fourth-order valence-corrected chi connectivity index (χ4v) is 1.54. The second kappa shape index (κ2) is 18.0. The number of hydrogen-bond donors (Lipinski definition) is 1. The molecule has 0 aliphatic heterocycles. The number of ether oxygens (including phenoxy) is 1. The van der Waals surface area contributed by atoms with Gasteiger partial charge in [0.05, 0.1) is 20.1 Å². The Hall–Kier alpha value is -1.10. The van der Waals surface area contributed by atoms with E-state index in [-0.39, 0.29) is 12.4 Å². The molecule has 0 heterocycles. The highest BCUT2D eigenvalue weighted by molar-refractivity contribution is 5.69. The van der Waals surface area contributed by atoms with Crippen LogP contribution < -0.4 is 0 Å². The predicted molar refractivity (Wildman–Crippen MR) is 91.9 cm³/mol. The number of aliphatic carboxylic acids is 1. The third kappa shape index (κ3) is 17.0. The van der Waals surface area contributed by atoms with Gasteiger partial charge in [-0.15, -0.1) is 0 Å². The van der Waals surface area contributed by atoms with E-state index in [4.69, 9.17) is 9.84 Å². The van der Waals surface area contributed by atoms with Crippen molar-refractivity contribution in [1.29, 1.82) is 0 Å². The normalized spacial score (nSPS) is 9.77. The first-order chi connectivity index (χ1) is 10.4. The molecule has 0 radical (unpaired) electrons. The number of carbonyl (C=O) groups is 2. The molecule has 0 atom stereocenters. The fourth-order valence-electron chi connectivity index (χ4n) is 1.54. The maximum absolute atomic E-state index is 11.4. The Morgan fingerprint density at radius 2 is 1.41 bits per heavy atom. The molecule has 0 saturated heterocycles. The van der Waals surface area contributed by atoms with Crippen LogP contribution in [0, 0.1) is 0 Å². The largest absolute Gasteiger partial charge is 0.481 e. The number of quaternary nitrogens is 1. The molecule has 0 spiro atoms. The first kappa shape index (κ1) is 25.8. The molecule has 0 aromatic heterocycles. The van der Waals surface area contributed by atoms with Gasteiger partial charge in [0.2, 0.25) is 0 Å². The van der Waals surface area contributed by atoms with Crippen molar-refractivity contribution in [2.45, 2.75) is 67.2 Å². The van der Waals surface area contributed by atoms with Gasteiger partial charge in [-0.3, -0.25) is 9.59 Å². The van der Waals surface area contributed by atoms with E-state index in [1.54, 1.807) is 0 Å². The maximum atomic E-state index is 11.4. The maximum Gasteiger partial charge on any atom is 0.305 e. The second-order valence-corrected chi connectivity index (χ2v) is 4.80. The quantitative estimate of drug-likeness (QED) is 0.378. The first-order valence-electron chi connectivity index (χ1n) is 8.64. The third-order valence-electron chi connectivity index (χ3n) is 3.44. The van der Waals surface area contributed by atoms with E-state index in [9.17, 15) is 9.59 Å². The molecule has 0 aliphatic carbocycles. The van der Waals surface area contributed by atoms with E-state index in [1.165, 1.54) is 0 Å². The summed E-state index contributed by atoms with van der Waals surface area (Å²) >= 11 is 0. The highest BCUT2D eigenvalue weighted by Gasteiger charge is 2.16. The van der Waals surface area contributed by atoms with Crippen LogP contribution in [0.1, 0.15) is 67.2 Å². The van der Waals surface area contributed by atoms with Gasteiger partial charge in [-0.25, -0.2) is 0 Å². The summed E-state index contributed by atoms with van der Waals surface area (Å²) in [5, 5.41) is 8.45. The second-order valence-electron chi connectivity index (χ2n) is 4.80. The fraction of sp³-hybridized carbons (Fsp3) is 0.882. The smallest absolute Gasteiger partial charge is 0.305 e. The Morgan fingerprint density at radius 3 is 1.82 bits per heavy atom. The Balaban J connectivity index is -0.000000826. The molecular weight excluding hydrogens is 282 g/mol. The first-order valence-corrected chi connectivity index (χ1v) is 8.64. The van der Waals surface area contributed by atoms with Crippen LogP contribution in [0.5, 0.6) is 0 Å². The summed E-state index contributed by atoms with van der Waals surface area (Å²) in [4.78, 5) is 21.6. The minimum atomic E-state index is -0.817. The van der Waals surface area contributed by atoms with Gasteiger partial charge >= 0.3 is 11.9 Å². The molecule has 0 aromatic rings. The predicted octanol–water partition coefficient (Wildman–Crippen LogP) is 3.71. The van der Waals surface area contributed by atoms with Crippen LogP contribution in [0.25, 0.3) is 0 Å². The van der Waals surface area contributed by atoms with Gasteiger partial charge in [0.15, 0.2) is 0 Å². The zero-order valence-electron chi connectivity index (χ0n) is 15.8. The van der Waals surface area contributed by atoms with Crippen LogP contribution in [0.3, 0.4) is 0 Å². The number of carboxylic acids is 1. The molecule has 5 nitrogen and oxygen atoms in total. The summed E-state index contributed by atoms with van der Waals surface area (Å²) in [5.41, 5.74) is 0. The molecule has 0 rings (SSSR count). The van der Waals surface area contributed by atoms with Crippen LogP contribution in [-0.4, -0.2) is 54.8 Å². The number of unbranched alkanes of at least 4 members (excludes halogenated alkanes) is 1. The summed E-state index contributed by atoms with van der Waals surface area (Å²) in [6.45, 7) is 15.6. The van der Waals surface area contributed by atoms with Gasteiger partial charge in [-0.2, -0.15) is 0 Å². The van der Waals surface area contributed by atoms with Crippen molar-refractivity contribution in [3.05, 3.63) is 0 Å². The van der Waals surface area contributed by atoms with E-state index in [2.05, 4.69) is 20.9 Å². The minimum Gasteiger partial charge on any atom is -0.481 e. The van der Waals surface area contributed by atoms with E-state index in [0.717, 1.165) is 24.1 Å². The molecule has 0 unspecified atom stereocenters. The molecule has 0 saturated carbocycles. The molecule has 1 N–H and O–H groups in total. The van der Waals surface area contributed by atoms with Crippen molar-refractivity contribution < 1.29 is 23.9 Å². The molecule has 0 aliphatic rings. The van der Waals surface area contributed by atoms with E-state index >= 15 is 0 Å². The van der Waals surface area contributed by atoms with Crippen molar-refractivity contribution in [3.63, 3.8) is 0 Å². The Labute approximate surface area is 137 Å². The summed E-state index contributed by atoms with van der Waals surface area (Å²) < 4.78 is 6.04. The minimum absolute atomic E-state index is 0.119. The zero-order chi connectivity index (χ0) is 18.0. The number of nitrogens with zero attached hydrogens (tertiary/aromatic N) is 1. The van der Waals surface area contributed by atoms with Crippen molar-refractivity contribution in [2.75, 3.05) is 33.3 Å². The lowest BCUT2D eigenvalue weighted by Crippen LogP contribution is -2.46. The van der Waals surface area contributed by atoms with E-state index < -0.39 is 5.97 Å². The van der Waals surface area contributed by atoms with Crippen LogP contribution in [-0.2, 0) is 14.3 Å². The Bertz CT molecular complexity index is 263. The summed E-state index contributed by atoms with van der Waals surface area (Å²) in [7, 11) is 2.14. The molecule has 0 aromatic carbocycles. The standard InChI is InChI=1S/C13H25NO4.2C2H6/c1-4-14(3,5-2)10-11-18-13(17)9-7-6-8-12(15)16;2*1-2/h4-11H2,1-3H3;2*1-2H3/p+1. The molecule has 134 valence electrons. The van der Waals surface area contributed by atoms with Gasteiger partial charge < -0.3 is 14.3 Å². The lowest BCUT2D eigenvalue weighted by molar-refractivity contribution is -0.906. The summed E-state index contributed by atoms with van der Waals surface area (Å²) in [5.74, 6) is -1.04. The number of rotatable bonds is 10. The van der Waals surface area contributed by atoms with Crippen molar-refractivity contribution in [1.82, 2.24) is 0 Å². The lowest BCUT2D eigenvalue weighted by atomic mass is 10.2. The Kier molecular flexibility index (Phi) is 21.1. The highest BCUT2D eigenvalue weighted by atomic mass is 16.5. The van der Waals surface area contributed by atoms with Crippen LogP contribution >= 0.6 is 0 Å². The molecular formula is C17H38NO4+. The van der Waals surface area contributed by atoms with Crippen LogP contribution in [0.4, 0.5) is 0 Å². The van der Waals surface area contributed by atoms with Gasteiger partial charge in [-0.05, 0) is 26.7 Å². The lowest BCUT2D eigenvalue weighted by Gasteiger charge is -2.31. The van der Waals surface area contributed by atoms with Crippen molar-refractivity contribution in [3.8, 4) is 0 Å². The van der Waals surface area contributed by atoms with Crippen molar-refractivity contribution >= 4 is 11.9 Å². The number of hydrogen-bond acceptors (Lipinski definition) is 3. The molecule has 0 amide bonds. The van der Waals surface area contributed by atoms with Crippen LogP contribution in [0.2, 0.25) is 0 Å². The van der Waals surface area contributed by atoms with Crippen molar-refractivity contribution in [2.24, 2.45) is 0 Å². The molecule has 22 heavy (non-hydrogen) atoms. The van der Waals surface area contributed by atoms with Gasteiger partial charge in [0.25, 0.3) is 0 Å². The number of esters is 1. The summed E-state index contributed by atoms with van der Waals surface area (Å²) in [6, 6.07) is 0. The molecule has 0 bridgehead atoms. The third-order valence-corrected chi connectivity index (χ3v) is 3.44. The Morgan fingerprint density at radius 1 is 0.955 bits per heavy atom. The van der Waals surface area contributed by atoms with Gasteiger partial charge in [0.1, 0.15) is 13.2 Å². The SMILES string of the molecule is CC.CC.CC[N+](C)(CC)CCOC(=O)CCCCC(=O)O. The summed E-state index contributed by atoms with van der Waals surface area (Å²) in [6.07, 6.45) is 1.55. The average Bonchev–Trinajstić information content (AvgIpc) is 2.55. The number of likely N-dealkylation sites (N-methyl/N-ethyl adjacent to an activating group) is 1. The molecule has 0 fully saturated rings. The van der Waals surface area contributed by atoms with Crippen LogP contribution in [0.15, 0.2) is 0 Å². The monoisotopic (exact) mass is 320 g/mol. The van der Waals surface area contributed by atoms with E-state index in [1.807, 2.05) is 27.7 Å². The van der Waals surface area contributed by atoms with E-state index in [0.29, 0.717) is 25.9 Å². The molecule has 5 heteroatoms. The van der Waals surface area contributed by atoms with Gasteiger partial charge in [0, 0.05) is 12.8 Å². The topological polar surface area (TPSA) is 63.6 Å². The number of carboxylic acid groups (broad SMARTS) is 1. The van der Waals surface area contributed by atoms with Gasteiger partial charge in [-0.1, -0.05) is 27.7 Å². The highest BCUT2D eigenvalue weighted by Crippen LogP contribution is 2.03.